The number of nitrogens with one attached hydrogen (secondary N) is 2. The molecule has 0 amide bonds. The lowest BCUT2D eigenvalue weighted by atomic mass is 10.0. The van der Waals surface area contributed by atoms with Crippen molar-refractivity contribution in [2.24, 2.45) is 0 Å². The molecule has 2 heterocycles. The predicted molar refractivity (Wildman–Crippen MR) is 122 cm³/mol. The summed E-state index contributed by atoms with van der Waals surface area (Å²) in [5.74, 6) is -0.668. The average molecular weight is 450 g/mol. The normalized spacial score (nSPS) is 11.1. The maximum Gasteiger partial charge on any atom is 0.407 e. The number of anilines is 4. The number of rotatable bonds is 8. The van der Waals surface area contributed by atoms with Gasteiger partial charge in [0.2, 0.25) is 11.7 Å². The fourth-order valence-electron chi connectivity index (χ4n) is 3.13. The Kier molecular flexibility index (Phi) is 6.50. The van der Waals surface area contributed by atoms with Gasteiger partial charge in [-0.3, -0.25) is 4.89 Å². The number of hydrogen-bond donors (Lipinski definition) is 2. The lowest BCUT2D eigenvalue weighted by molar-refractivity contribution is -0.237. The molecule has 8 nitrogen and oxygen atoms in total. The Bertz CT molecular complexity index is 1290. The number of carbonyl (C=O) groups is 1. The first-order valence-corrected chi connectivity index (χ1v) is 10.5. The maximum absolute atomic E-state index is 14.3. The predicted octanol–water partition coefficient (Wildman–Crippen LogP) is 6.08. The van der Waals surface area contributed by atoms with Gasteiger partial charge in [-0.15, -0.1) is 0 Å². The molecule has 0 aliphatic heterocycles. The molecule has 2 N–H and O–H groups in total. The summed E-state index contributed by atoms with van der Waals surface area (Å²) in [7, 11) is 0. The topological polar surface area (TPSA) is 98.5 Å². The third-order valence-corrected chi connectivity index (χ3v) is 4.79. The van der Waals surface area contributed by atoms with E-state index in [-0.39, 0.29) is 24.1 Å². The number of carbonyl (C=O) groups excluding carboxylic acids is 1. The van der Waals surface area contributed by atoms with Gasteiger partial charge in [0, 0.05) is 16.8 Å². The van der Waals surface area contributed by atoms with Crippen molar-refractivity contribution in [2.75, 3.05) is 17.2 Å². The molecule has 0 saturated carbocycles. The highest BCUT2D eigenvalue weighted by atomic mass is 19.1. The van der Waals surface area contributed by atoms with Crippen LogP contribution in [-0.2, 0) is 9.78 Å². The average Bonchev–Trinajstić information content (AvgIpc) is 3.23. The third-order valence-electron chi connectivity index (χ3n) is 4.79. The quantitative estimate of drug-likeness (QED) is 0.246. The Morgan fingerprint density at radius 1 is 1.12 bits per heavy atom. The summed E-state index contributed by atoms with van der Waals surface area (Å²) in [6, 6.07) is 14.5. The van der Waals surface area contributed by atoms with Crippen molar-refractivity contribution in [1.82, 2.24) is 9.97 Å². The summed E-state index contributed by atoms with van der Waals surface area (Å²) in [6.07, 6.45) is 1.10. The lowest BCUT2D eigenvalue weighted by Crippen LogP contribution is -2.04. The fourth-order valence-corrected chi connectivity index (χ4v) is 3.13. The molecule has 4 aromatic rings. The van der Waals surface area contributed by atoms with Crippen LogP contribution in [0.2, 0.25) is 0 Å². The molecule has 0 aliphatic carbocycles. The van der Waals surface area contributed by atoms with Crippen LogP contribution < -0.4 is 10.6 Å². The first-order valence-electron chi connectivity index (χ1n) is 10.5. The van der Waals surface area contributed by atoms with Crippen LogP contribution in [-0.4, -0.2) is 22.5 Å². The number of benzene rings is 2. The van der Waals surface area contributed by atoms with E-state index in [9.17, 15) is 9.18 Å². The number of aromatic nitrogens is 2. The van der Waals surface area contributed by atoms with Crippen LogP contribution in [0.4, 0.5) is 27.5 Å². The Morgan fingerprint density at radius 3 is 2.73 bits per heavy atom. The molecule has 4 rings (SSSR count). The zero-order chi connectivity index (χ0) is 23.4. The van der Waals surface area contributed by atoms with E-state index in [2.05, 4.69) is 44.2 Å². The summed E-state index contributed by atoms with van der Waals surface area (Å²) in [6.45, 7) is 6.12. The van der Waals surface area contributed by atoms with E-state index in [4.69, 9.17) is 4.42 Å². The largest absolute Gasteiger partial charge is 0.449 e. The molecule has 0 bridgehead atoms. The summed E-state index contributed by atoms with van der Waals surface area (Å²) in [4.78, 5) is 29.5. The summed E-state index contributed by atoms with van der Waals surface area (Å²) in [5, 5.41) is 6.71. The minimum Gasteiger partial charge on any atom is -0.449 e. The van der Waals surface area contributed by atoms with Gasteiger partial charge in [-0.25, -0.2) is 14.2 Å². The van der Waals surface area contributed by atoms with Gasteiger partial charge in [-0.1, -0.05) is 26.0 Å². The Balaban J connectivity index is 1.53. The second-order valence-electron chi connectivity index (χ2n) is 7.56. The van der Waals surface area contributed by atoms with Gasteiger partial charge < -0.3 is 15.1 Å². The third kappa shape index (κ3) is 5.27. The van der Waals surface area contributed by atoms with Crippen molar-refractivity contribution in [3.63, 3.8) is 0 Å². The molecule has 0 radical (unpaired) electrons. The maximum atomic E-state index is 14.3. The van der Waals surface area contributed by atoms with E-state index < -0.39 is 11.8 Å². The number of nitrogens with zero attached hydrogens (tertiary/aromatic N) is 2. The second-order valence-corrected chi connectivity index (χ2v) is 7.56. The van der Waals surface area contributed by atoms with Gasteiger partial charge in [0.1, 0.15) is 5.58 Å². The van der Waals surface area contributed by atoms with Crippen LogP contribution in [0.1, 0.15) is 42.8 Å². The van der Waals surface area contributed by atoms with Crippen molar-refractivity contribution < 1.29 is 23.4 Å². The van der Waals surface area contributed by atoms with Gasteiger partial charge in [0.05, 0.1) is 12.8 Å². The highest BCUT2D eigenvalue weighted by Crippen LogP contribution is 2.26. The molecule has 2 aromatic carbocycles. The second kappa shape index (κ2) is 9.66. The Hall–Kier alpha value is -3.98. The van der Waals surface area contributed by atoms with Crippen LogP contribution in [0.3, 0.4) is 0 Å². The van der Waals surface area contributed by atoms with Crippen LogP contribution >= 0.6 is 0 Å². The molecule has 0 atom stereocenters. The van der Waals surface area contributed by atoms with Crippen LogP contribution in [0.15, 0.2) is 59.1 Å². The molecule has 0 saturated heterocycles. The molecule has 33 heavy (non-hydrogen) atoms. The van der Waals surface area contributed by atoms with Crippen molar-refractivity contribution in [2.45, 2.75) is 26.7 Å². The summed E-state index contributed by atoms with van der Waals surface area (Å²) >= 11 is 0. The highest BCUT2D eigenvalue weighted by molar-refractivity contribution is 5.93. The van der Waals surface area contributed by atoms with Crippen LogP contribution in [0.5, 0.6) is 0 Å². The van der Waals surface area contributed by atoms with Gasteiger partial charge in [-0.05, 0) is 54.8 Å². The first-order chi connectivity index (χ1) is 15.9. The smallest absolute Gasteiger partial charge is 0.407 e. The number of furan rings is 1. The zero-order valence-corrected chi connectivity index (χ0v) is 18.4. The minimum absolute atomic E-state index is 0.0174. The van der Waals surface area contributed by atoms with E-state index in [0.717, 1.165) is 17.4 Å². The lowest BCUT2D eigenvalue weighted by Gasteiger charge is -2.11. The van der Waals surface area contributed by atoms with Crippen molar-refractivity contribution in [1.29, 1.82) is 0 Å². The SMILES string of the molecule is CCOOC(=O)c1cc2cc(Nc3ncc(F)c(Nc4cccc(C(C)C)c4)n3)ccc2o1. The van der Waals surface area contributed by atoms with E-state index in [1.165, 1.54) is 0 Å². The molecule has 0 fully saturated rings. The number of fused-ring (bicyclic) bond motifs is 1. The van der Waals surface area contributed by atoms with Crippen molar-refractivity contribution in [3.05, 3.63) is 71.9 Å². The molecule has 0 spiro atoms. The molecule has 170 valence electrons. The van der Waals surface area contributed by atoms with Crippen LogP contribution in [0.25, 0.3) is 11.0 Å². The van der Waals surface area contributed by atoms with E-state index in [1.54, 1.807) is 31.2 Å². The first kappa shape index (κ1) is 22.2. The summed E-state index contributed by atoms with van der Waals surface area (Å²) in [5.41, 5.74) is 2.99. The molecular formula is C24H23FN4O4. The van der Waals surface area contributed by atoms with Gasteiger partial charge >= 0.3 is 5.97 Å². The molecule has 9 heteroatoms. The van der Waals surface area contributed by atoms with E-state index in [0.29, 0.717) is 22.6 Å². The van der Waals surface area contributed by atoms with Crippen LogP contribution in [0, 0.1) is 5.82 Å². The van der Waals surface area contributed by atoms with Gasteiger partial charge in [0.15, 0.2) is 11.6 Å². The van der Waals surface area contributed by atoms with Crippen molar-refractivity contribution in [3.8, 4) is 0 Å². The van der Waals surface area contributed by atoms with Gasteiger partial charge in [-0.2, -0.15) is 9.87 Å². The van der Waals surface area contributed by atoms with E-state index in [1.807, 2.05) is 24.3 Å². The monoisotopic (exact) mass is 450 g/mol. The summed E-state index contributed by atoms with van der Waals surface area (Å²) < 4.78 is 19.8. The van der Waals surface area contributed by atoms with E-state index >= 15 is 0 Å². The highest BCUT2D eigenvalue weighted by Gasteiger charge is 2.15. The molecule has 0 unspecified atom stereocenters. The Morgan fingerprint density at radius 2 is 1.94 bits per heavy atom. The number of halogens is 1. The zero-order valence-electron chi connectivity index (χ0n) is 18.4. The van der Waals surface area contributed by atoms with Crippen molar-refractivity contribution >= 4 is 40.1 Å². The minimum atomic E-state index is -0.721. The molecular weight excluding hydrogens is 427 g/mol. The molecule has 0 aliphatic rings. The Labute approximate surface area is 189 Å². The standard InChI is InChI=1S/C24H23FN4O4/c1-4-31-33-23(30)21-12-16-11-18(8-9-20(16)32-21)28-24-26-13-19(25)22(29-24)27-17-7-5-6-15(10-17)14(2)3/h5-14H,4H2,1-3H3,(H2,26,27,28,29). The fraction of sp³-hybridized carbons (Fsp3) is 0.208. The molecule has 2 aromatic heterocycles. The van der Waals surface area contributed by atoms with Gasteiger partial charge in [0.25, 0.3) is 0 Å². The number of hydrogen-bond acceptors (Lipinski definition) is 8.